The van der Waals surface area contributed by atoms with Gasteiger partial charge in [-0.1, -0.05) is 42.5 Å². The molecule has 0 bridgehead atoms. The van der Waals surface area contributed by atoms with Gasteiger partial charge in [0.15, 0.2) is 0 Å². The van der Waals surface area contributed by atoms with Crippen LogP contribution in [0.15, 0.2) is 48.5 Å². The summed E-state index contributed by atoms with van der Waals surface area (Å²) < 4.78 is 0. The molecule has 2 aromatic carbocycles. The number of hydrogen-bond acceptors (Lipinski definition) is 3. The largest absolute Gasteiger partial charge is 0.358 e. The van der Waals surface area contributed by atoms with E-state index in [1.165, 1.54) is 0 Å². The minimum absolute atomic E-state index is 0.116. The molecule has 1 aliphatic heterocycles. The number of carbonyl (C=O) groups is 2. The van der Waals surface area contributed by atoms with Crippen LogP contribution in [0.1, 0.15) is 32.9 Å². The lowest BCUT2D eigenvalue weighted by molar-refractivity contribution is -0.110. The summed E-state index contributed by atoms with van der Waals surface area (Å²) in [6.45, 7) is 5.02. The molecule has 31 heavy (non-hydrogen) atoms. The molecule has 0 saturated heterocycles. The van der Waals surface area contributed by atoms with Crippen molar-refractivity contribution in [2.24, 2.45) is 0 Å². The zero-order chi connectivity index (χ0) is 22.0. The Morgan fingerprint density at radius 1 is 1.03 bits per heavy atom. The van der Waals surface area contributed by atoms with E-state index in [0.717, 1.165) is 39.3 Å². The summed E-state index contributed by atoms with van der Waals surface area (Å²) in [5, 5.41) is 8.89. The van der Waals surface area contributed by atoms with Crippen molar-refractivity contribution in [3.63, 3.8) is 0 Å². The van der Waals surface area contributed by atoms with Gasteiger partial charge >= 0.3 is 0 Å². The number of aromatic amines is 1. The maximum atomic E-state index is 12.7. The molecule has 4 N–H and O–H groups in total. The molecule has 158 valence electrons. The molecule has 2 heterocycles. The molecule has 0 saturated carbocycles. The molecular formula is C25H26N4O2. The third-order valence-electron chi connectivity index (χ3n) is 5.56. The van der Waals surface area contributed by atoms with Crippen LogP contribution in [0, 0.1) is 13.8 Å². The van der Waals surface area contributed by atoms with Crippen molar-refractivity contribution in [1.29, 1.82) is 0 Å². The van der Waals surface area contributed by atoms with Crippen LogP contribution in [0.4, 0.5) is 5.69 Å². The van der Waals surface area contributed by atoms with Crippen molar-refractivity contribution in [3.05, 3.63) is 76.6 Å². The lowest BCUT2D eigenvalue weighted by Gasteiger charge is -2.05. The number of aromatic nitrogens is 1. The first-order valence-corrected chi connectivity index (χ1v) is 10.3. The number of amides is 2. The number of fused-ring (bicyclic) bond motifs is 1. The molecule has 0 unspecified atom stereocenters. The summed E-state index contributed by atoms with van der Waals surface area (Å²) in [6.07, 6.45) is 1.83. The maximum absolute atomic E-state index is 12.7. The lowest BCUT2D eigenvalue weighted by Crippen LogP contribution is -2.30. The first-order valence-electron chi connectivity index (χ1n) is 10.3. The molecule has 0 radical (unpaired) electrons. The van der Waals surface area contributed by atoms with Crippen molar-refractivity contribution in [1.82, 2.24) is 15.6 Å². The average Bonchev–Trinajstić information content (AvgIpc) is 3.23. The van der Waals surface area contributed by atoms with Gasteiger partial charge in [-0.2, -0.15) is 0 Å². The van der Waals surface area contributed by atoms with Gasteiger partial charge in [-0.25, -0.2) is 0 Å². The second-order valence-electron chi connectivity index (χ2n) is 7.66. The Hall–Kier alpha value is -3.64. The molecular weight excluding hydrogens is 388 g/mol. The van der Waals surface area contributed by atoms with Gasteiger partial charge in [0, 0.05) is 35.7 Å². The van der Waals surface area contributed by atoms with Gasteiger partial charge in [-0.05, 0) is 49.7 Å². The predicted octanol–water partition coefficient (Wildman–Crippen LogP) is 3.74. The van der Waals surface area contributed by atoms with Crippen molar-refractivity contribution >= 4 is 29.2 Å². The number of carbonyl (C=O) groups excluding carboxylic acids is 2. The van der Waals surface area contributed by atoms with E-state index in [9.17, 15) is 9.59 Å². The minimum atomic E-state index is -0.146. The Morgan fingerprint density at radius 3 is 2.55 bits per heavy atom. The third kappa shape index (κ3) is 4.02. The van der Waals surface area contributed by atoms with Gasteiger partial charge in [0.1, 0.15) is 0 Å². The molecule has 1 aliphatic rings. The number of likely N-dealkylation sites (N-methyl/N-ethyl adjacent to an activating group) is 1. The van der Waals surface area contributed by atoms with Crippen LogP contribution in [0.3, 0.4) is 0 Å². The number of aryl methyl sites for hydroxylation is 1. The number of hydrogen-bond donors (Lipinski definition) is 4. The van der Waals surface area contributed by atoms with E-state index in [1.807, 2.05) is 75.5 Å². The van der Waals surface area contributed by atoms with Crippen molar-refractivity contribution in [2.45, 2.75) is 13.8 Å². The molecule has 2 amide bonds. The molecule has 0 fully saturated rings. The van der Waals surface area contributed by atoms with Gasteiger partial charge in [0.05, 0.1) is 11.1 Å². The number of anilines is 1. The highest BCUT2D eigenvalue weighted by atomic mass is 16.2. The average molecular weight is 415 g/mol. The van der Waals surface area contributed by atoms with Crippen LogP contribution in [0.5, 0.6) is 0 Å². The zero-order valence-electron chi connectivity index (χ0n) is 17.9. The molecule has 6 heteroatoms. The fourth-order valence-electron chi connectivity index (χ4n) is 3.94. The van der Waals surface area contributed by atoms with Gasteiger partial charge in [-0.15, -0.1) is 0 Å². The molecule has 1 aromatic heterocycles. The highest BCUT2D eigenvalue weighted by Gasteiger charge is 2.26. The normalized spacial score (nSPS) is 13.9. The highest BCUT2D eigenvalue weighted by Crippen LogP contribution is 2.36. The SMILES string of the molecule is CNCCNC(=O)c1c(C)[nH]c(/C=C2\C(=O)Nc3cc(-c4ccccc4)ccc32)c1C. The highest BCUT2D eigenvalue weighted by molar-refractivity contribution is 6.35. The molecule has 0 spiro atoms. The fraction of sp³-hybridized carbons (Fsp3) is 0.200. The Morgan fingerprint density at radius 2 is 1.81 bits per heavy atom. The van der Waals surface area contributed by atoms with Crippen LogP contribution in [0.25, 0.3) is 22.8 Å². The van der Waals surface area contributed by atoms with Crippen LogP contribution in [-0.4, -0.2) is 36.9 Å². The summed E-state index contributed by atoms with van der Waals surface area (Å²) in [5.74, 6) is -0.262. The van der Waals surface area contributed by atoms with E-state index in [2.05, 4.69) is 20.9 Å². The van der Waals surface area contributed by atoms with E-state index in [1.54, 1.807) is 0 Å². The molecule has 0 atom stereocenters. The van der Waals surface area contributed by atoms with Crippen LogP contribution in [0.2, 0.25) is 0 Å². The van der Waals surface area contributed by atoms with Crippen molar-refractivity contribution in [3.8, 4) is 11.1 Å². The monoisotopic (exact) mass is 414 g/mol. The second kappa shape index (κ2) is 8.62. The van der Waals surface area contributed by atoms with Gasteiger partial charge in [0.25, 0.3) is 11.8 Å². The van der Waals surface area contributed by atoms with Crippen LogP contribution >= 0.6 is 0 Å². The Balaban J connectivity index is 1.66. The van der Waals surface area contributed by atoms with E-state index < -0.39 is 0 Å². The van der Waals surface area contributed by atoms with E-state index in [0.29, 0.717) is 24.2 Å². The topological polar surface area (TPSA) is 86.0 Å². The Labute approximate surface area is 181 Å². The molecule has 6 nitrogen and oxygen atoms in total. The summed E-state index contributed by atoms with van der Waals surface area (Å²) in [6, 6.07) is 16.1. The summed E-state index contributed by atoms with van der Waals surface area (Å²) >= 11 is 0. The summed E-state index contributed by atoms with van der Waals surface area (Å²) in [4.78, 5) is 28.6. The Bertz CT molecular complexity index is 1180. The summed E-state index contributed by atoms with van der Waals surface area (Å²) in [7, 11) is 1.84. The molecule has 4 rings (SSSR count). The summed E-state index contributed by atoms with van der Waals surface area (Å²) in [5.41, 5.74) is 7.39. The standard InChI is InChI=1S/C25H26N4O2/c1-15-21(28-16(2)23(15)25(31)27-12-11-26-3)14-20-19-10-9-18(13-22(19)29-24(20)30)17-7-5-4-6-8-17/h4-10,13-14,26,28H,11-12H2,1-3H3,(H,27,31)(H,29,30)/b20-14-. The number of benzene rings is 2. The third-order valence-corrected chi connectivity index (χ3v) is 5.56. The predicted molar refractivity (Wildman–Crippen MR) is 125 cm³/mol. The fourth-order valence-corrected chi connectivity index (χ4v) is 3.94. The zero-order valence-corrected chi connectivity index (χ0v) is 17.9. The van der Waals surface area contributed by atoms with Crippen LogP contribution in [-0.2, 0) is 4.79 Å². The first kappa shape index (κ1) is 20.6. The van der Waals surface area contributed by atoms with E-state index >= 15 is 0 Å². The molecule has 3 aromatic rings. The van der Waals surface area contributed by atoms with Crippen LogP contribution < -0.4 is 16.0 Å². The first-order chi connectivity index (χ1) is 15.0. The van der Waals surface area contributed by atoms with Crippen molar-refractivity contribution in [2.75, 3.05) is 25.5 Å². The van der Waals surface area contributed by atoms with Gasteiger partial charge in [-0.3, -0.25) is 9.59 Å². The van der Waals surface area contributed by atoms with Crippen molar-refractivity contribution < 1.29 is 9.59 Å². The van der Waals surface area contributed by atoms with Gasteiger partial charge < -0.3 is 20.9 Å². The number of H-pyrrole nitrogens is 1. The minimum Gasteiger partial charge on any atom is -0.358 e. The lowest BCUT2D eigenvalue weighted by atomic mass is 9.99. The number of nitrogens with one attached hydrogen (secondary N) is 4. The quantitative estimate of drug-likeness (QED) is 0.366. The second-order valence-corrected chi connectivity index (χ2v) is 7.66. The Kier molecular flexibility index (Phi) is 5.73. The van der Waals surface area contributed by atoms with Gasteiger partial charge in [0.2, 0.25) is 0 Å². The molecule has 0 aliphatic carbocycles. The maximum Gasteiger partial charge on any atom is 0.256 e. The van der Waals surface area contributed by atoms with E-state index in [4.69, 9.17) is 0 Å². The number of rotatable bonds is 6. The smallest absolute Gasteiger partial charge is 0.256 e. The van der Waals surface area contributed by atoms with E-state index in [-0.39, 0.29) is 11.8 Å².